The fraction of sp³-hybridized carbons (Fsp3) is 0.471. The van der Waals surface area contributed by atoms with Gasteiger partial charge in [0.05, 0.1) is 18.1 Å². The minimum Gasteiger partial charge on any atom is -0.396 e. The maximum absolute atomic E-state index is 9.75. The Balaban J connectivity index is 1.80. The maximum Gasteiger partial charge on any atom is 0.140 e. The molecule has 1 fully saturated rings. The average molecular weight is 311 g/mol. The topological polar surface area (TPSA) is 78.0 Å². The molecule has 0 spiro atoms. The maximum atomic E-state index is 9.75. The average Bonchev–Trinajstić information content (AvgIpc) is 3.21. The molecule has 2 aromatic rings. The minimum absolute atomic E-state index is 0.151. The highest BCUT2D eigenvalue weighted by atomic mass is 16.3. The fourth-order valence-electron chi connectivity index (χ4n) is 3.11. The molecule has 0 unspecified atom stereocenters. The summed E-state index contributed by atoms with van der Waals surface area (Å²) in [6, 6.07) is 6.01. The summed E-state index contributed by atoms with van der Waals surface area (Å²) in [6.45, 7) is 5.95. The number of aliphatic hydroxyl groups excluding tert-OH is 1. The van der Waals surface area contributed by atoms with Crippen molar-refractivity contribution in [1.29, 1.82) is 5.26 Å². The Morgan fingerprint density at radius 1 is 1.35 bits per heavy atom. The predicted molar refractivity (Wildman–Crippen MR) is 87.1 cm³/mol. The van der Waals surface area contributed by atoms with E-state index < -0.39 is 0 Å². The lowest BCUT2D eigenvalue weighted by atomic mass is 9.92. The van der Waals surface area contributed by atoms with Crippen molar-refractivity contribution in [3.05, 3.63) is 42.0 Å². The predicted octanol–water partition coefficient (Wildman–Crippen LogP) is 1.94. The number of hydrogen-bond acceptors (Lipinski definition) is 5. The Labute approximate surface area is 136 Å². The van der Waals surface area contributed by atoms with Crippen LogP contribution in [0.2, 0.25) is 0 Å². The molecule has 0 bridgehead atoms. The molecule has 3 heterocycles. The highest BCUT2D eigenvalue weighted by molar-refractivity contribution is 5.48. The third-order valence-corrected chi connectivity index (χ3v) is 4.48. The van der Waals surface area contributed by atoms with Crippen LogP contribution in [-0.4, -0.2) is 39.6 Å². The molecule has 0 aliphatic carbocycles. The number of hydrogen-bond donors (Lipinski definition) is 1. The van der Waals surface area contributed by atoms with Gasteiger partial charge in [0.1, 0.15) is 11.8 Å². The fourth-order valence-corrected chi connectivity index (χ4v) is 3.11. The van der Waals surface area contributed by atoms with E-state index in [0.29, 0.717) is 11.7 Å². The van der Waals surface area contributed by atoms with Crippen LogP contribution in [0, 0.1) is 17.2 Å². The van der Waals surface area contributed by atoms with Gasteiger partial charge < -0.3 is 10.0 Å². The second-order valence-corrected chi connectivity index (χ2v) is 6.31. The molecule has 23 heavy (non-hydrogen) atoms. The highest BCUT2D eigenvalue weighted by Crippen LogP contribution is 2.35. The van der Waals surface area contributed by atoms with Gasteiger partial charge in [0.25, 0.3) is 0 Å². The zero-order chi connectivity index (χ0) is 16.4. The van der Waals surface area contributed by atoms with E-state index in [1.54, 1.807) is 12.3 Å². The quantitative estimate of drug-likeness (QED) is 0.933. The molecule has 0 radical (unpaired) electrons. The largest absolute Gasteiger partial charge is 0.396 e. The van der Waals surface area contributed by atoms with Crippen LogP contribution in [-0.2, 0) is 0 Å². The summed E-state index contributed by atoms with van der Waals surface area (Å²) in [4.78, 5) is 6.35. The molecule has 0 amide bonds. The number of rotatable bonds is 4. The molecule has 2 aromatic heterocycles. The summed E-state index contributed by atoms with van der Waals surface area (Å²) < 4.78 is 1.95. The van der Waals surface area contributed by atoms with Crippen LogP contribution >= 0.6 is 0 Å². The van der Waals surface area contributed by atoms with E-state index in [9.17, 15) is 5.11 Å². The molecular formula is C17H21N5O. The summed E-state index contributed by atoms with van der Waals surface area (Å²) in [6.07, 6.45) is 5.72. The standard InChI is InChI=1S/C17H21N5O/c1-12(2)22-9-13(6-20-22)17-10-21(8-14(17)11-23)16-4-3-15(5-18)19-7-16/h3-4,6-7,9,12,14,17,23H,8,10-11H2,1-2H3/t14-,17-/m0/s1. The van der Waals surface area contributed by atoms with Crippen molar-refractivity contribution in [3.63, 3.8) is 0 Å². The van der Waals surface area contributed by atoms with Crippen molar-refractivity contribution in [2.45, 2.75) is 25.8 Å². The number of aliphatic hydroxyl groups is 1. The first-order valence-electron chi connectivity index (χ1n) is 7.88. The van der Waals surface area contributed by atoms with Gasteiger partial charge in [-0.2, -0.15) is 10.4 Å². The molecule has 1 N–H and O–H groups in total. The number of pyridine rings is 1. The van der Waals surface area contributed by atoms with Gasteiger partial charge >= 0.3 is 0 Å². The van der Waals surface area contributed by atoms with Crippen LogP contribution < -0.4 is 4.90 Å². The summed E-state index contributed by atoms with van der Waals surface area (Å²) >= 11 is 0. The second kappa shape index (κ2) is 6.39. The Hall–Kier alpha value is -2.39. The SMILES string of the molecule is CC(C)n1cc([C@@H]2CN(c3ccc(C#N)nc3)C[C@H]2CO)cn1. The lowest BCUT2D eigenvalue weighted by molar-refractivity contribution is 0.227. The van der Waals surface area contributed by atoms with Crippen LogP contribution in [0.15, 0.2) is 30.7 Å². The minimum atomic E-state index is 0.151. The van der Waals surface area contributed by atoms with Gasteiger partial charge in [-0.3, -0.25) is 4.68 Å². The molecular weight excluding hydrogens is 290 g/mol. The van der Waals surface area contributed by atoms with E-state index in [1.807, 2.05) is 23.0 Å². The molecule has 1 aliphatic heterocycles. The monoisotopic (exact) mass is 311 g/mol. The first kappa shape index (κ1) is 15.5. The van der Waals surface area contributed by atoms with Crippen LogP contribution in [0.25, 0.3) is 0 Å². The van der Waals surface area contributed by atoms with E-state index >= 15 is 0 Å². The lowest BCUT2D eigenvalue weighted by Crippen LogP contribution is -2.20. The third-order valence-electron chi connectivity index (χ3n) is 4.48. The number of anilines is 1. The normalized spacial score (nSPS) is 20.9. The molecule has 0 aromatic carbocycles. The Bertz CT molecular complexity index is 701. The zero-order valence-corrected chi connectivity index (χ0v) is 13.4. The van der Waals surface area contributed by atoms with Crippen molar-refractivity contribution in [3.8, 4) is 6.07 Å². The smallest absolute Gasteiger partial charge is 0.140 e. The van der Waals surface area contributed by atoms with E-state index in [4.69, 9.17) is 5.26 Å². The first-order chi connectivity index (χ1) is 11.1. The van der Waals surface area contributed by atoms with E-state index in [2.05, 4.69) is 35.0 Å². The summed E-state index contributed by atoms with van der Waals surface area (Å²) in [5.41, 5.74) is 2.57. The van der Waals surface area contributed by atoms with Gasteiger partial charge in [-0.1, -0.05) is 0 Å². The molecule has 6 heteroatoms. The highest BCUT2D eigenvalue weighted by Gasteiger charge is 2.34. The summed E-state index contributed by atoms with van der Waals surface area (Å²) in [5.74, 6) is 0.429. The molecule has 2 atom stereocenters. The molecule has 3 rings (SSSR count). The van der Waals surface area contributed by atoms with Gasteiger partial charge in [0.2, 0.25) is 0 Å². The van der Waals surface area contributed by atoms with Crippen LogP contribution in [0.3, 0.4) is 0 Å². The molecule has 0 saturated carbocycles. The lowest BCUT2D eigenvalue weighted by Gasteiger charge is -2.17. The number of nitriles is 1. The van der Waals surface area contributed by atoms with Crippen LogP contribution in [0.1, 0.15) is 37.1 Å². The van der Waals surface area contributed by atoms with Crippen molar-refractivity contribution >= 4 is 5.69 Å². The van der Waals surface area contributed by atoms with Crippen molar-refractivity contribution in [2.75, 3.05) is 24.6 Å². The van der Waals surface area contributed by atoms with E-state index in [-0.39, 0.29) is 18.4 Å². The van der Waals surface area contributed by atoms with Crippen LogP contribution in [0.5, 0.6) is 0 Å². The molecule has 1 saturated heterocycles. The Kier molecular flexibility index (Phi) is 4.30. The Morgan fingerprint density at radius 3 is 2.74 bits per heavy atom. The van der Waals surface area contributed by atoms with Crippen molar-refractivity contribution in [1.82, 2.24) is 14.8 Å². The molecule has 120 valence electrons. The van der Waals surface area contributed by atoms with Gasteiger partial charge in [0, 0.05) is 43.8 Å². The second-order valence-electron chi connectivity index (χ2n) is 6.31. The first-order valence-corrected chi connectivity index (χ1v) is 7.88. The van der Waals surface area contributed by atoms with Crippen molar-refractivity contribution < 1.29 is 5.11 Å². The van der Waals surface area contributed by atoms with E-state index in [0.717, 1.165) is 18.8 Å². The van der Waals surface area contributed by atoms with E-state index in [1.165, 1.54) is 5.56 Å². The van der Waals surface area contributed by atoms with Gasteiger partial charge in [-0.25, -0.2) is 4.98 Å². The van der Waals surface area contributed by atoms with Gasteiger partial charge in [0.15, 0.2) is 0 Å². The summed E-state index contributed by atoms with van der Waals surface area (Å²) in [5, 5.41) is 23.0. The zero-order valence-electron chi connectivity index (χ0n) is 13.4. The van der Waals surface area contributed by atoms with Crippen LogP contribution in [0.4, 0.5) is 5.69 Å². The summed E-state index contributed by atoms with van der Waals surface area (Å²) in [7, 11) is 0. The van der Waals surface area contributed by atoms with Gasteiger partial charge in [-0.15, -0.1) is 0 Å². The molecule has 6 nitrogen and oxygen atoms in total. The molecule has 1 aliphatic rings. The third kappa shape index (κ3) is 3.06. The van der Waals surface area contributed by atoms with Crippen molar-refractivity contribution in [2.24, 2.45) is 5.92 Å². The number of nitrogens with zero attached hydrogens (tertiary/aromatic N) is 5. The Morgan fingerprint density at radius 2 is 2.17 bits per heavy atom. The van der Waals surface area contributed by atoms with Gasteiger partial charge in [-0.05, 0) is 31.5 Å². The number of aromatic nitrogens is 3.